The quantitative estimate of drug-likeness (QED) is 0.322. The van der Waals surface area contributed by atoms with Gasteiger partial charge in [0, 0.05) is 6.61 Å². The first-order valence-electron chi connectivity index (χ1n) is 5.83. The molecule has 98 valence electrons. The van der Waals surface area contributed by atoms with E-state index in [4.69, 9.17) is 14.2 Å². The summed E-state index contributed by atoms with van der Waals surface area (Å²) in [6.07, 6.45) is 1.64. The Morgan fingerprint density at radius 3 is 2.56 bits per heavy atom. The molecule has 0 unspecified atom stereocenters. The van der Waals surface area contributed by atoms with E-state index in [-0.39, 0.29) is 12.4 Å². The van der Waals surface area contributed by atoms with Crippen LogP contribution in [0.4, 0.5) is 0 Å². The van der Waals surface area contributed by atoms with Crippen LogP contribution in [0.5, 0.6) is 0 Å². The zero-order chi connectivity index (χ0) is 13.2. The fourth-order valence-corrected chi connectivity index (χ4v) is 1.31. The number of methoxy groups -OCH3 is 1. The Morgan fingerprint density at radius 1 is 1.22 bits per heavy atom. The molecule has 4 heteroatoms. The van der Waals surface area contributed by atoms with Gasteiger partial charge >= 0.3 is 5.97 Å². The van der Waals surface area contributed by atoms with Crippen LogP contribution >= 0.6 is 0 Å². The van der Waals surface area contributed by atoms with Crippen molar-refractivity contribution in [3.8, 4) is 0 Å². The molecule has 0 heterocycles. The Labute approximate surface area is 107 Å². The minimum atomic E-state index is -0.485. The Morgan fingerprint density at radius 2 is 1.94 bits per heavy atom. The molecule has 0 aliphatic carbocycles. The normalized spacial score (nSPS) is 11.1. The number of hydrogen-bond donors (Lipinski definition) is 0. The van der Waals surface area contributed by atoms with Crippen LogP contribution in [0.2, 0.25) is 0 Å². The lowest BCUT2D eigenvalue weighted by atomic mass is 10.2. The average molecular weight is 250 g/mol. The van der Waals surface area contributed by atoms with Gasteiger partial charge in [0.25, 0.3) is 0 Å². The van der Waals surface area contributed by atoms with Crippen molar-refractivity contribution in [2.45, 2.75) is 6.92 Å². The van der Waals surface area contributed by atoms with E-state index >= 15 is 0 Å². The predicted octanol–water partition coefficient (Wildman–Crippen LogP) is 2.25. The highest BCUT2D eigenvalue weighted by atomic mass is 16.6. The summed E-state index contributed by atoms with van der Waals surface area (Å²) in [5.41, 5.74) is 0.885. The van der Waals surface area contributed by atoms with Crippen molar-refractivity contribution in [1.29, 1.82) is 0 Å². The lowest BCUT2D eigenvalue weighted by Crippen LogP contribution is -2.13. The number of hydrogen-bond acceptors (Lipinski definition) is 4. The highest BCUT2D eigenvalue weighted by Crippen LogP contribution is 2.08. The minimum Gasteiger partial charge on any atom is -0.490 e. The molecule has 18 heavy (non-hydrogen) atoms. The van der Waals surface area contributed by atoms with E-state index in [1.807, 2.05) is 37.3 Å². The van der Waals surface area contributed by atoms with Gasteiger partial charge in [0.05, 0.1) is 13.7 Å². The van der Waals surface area contributed by atoms with Crippen LogP contribution in [0, 0.1) is 0 Å². The highest BCUT2D eigenvalue weighted by Gasteiger charge is 2.11. The molecule has 0 spiro atoms. The van der Waals surface area contributed by atoms with E-state index in [1.165, 1.54) is 7.11 Å². The fourth-order valence-electron chi connectivity index (χ4n) is 1.31. The Kier molecular flexibility index (Phi) is 6.58. The van der Waals surface area contributed by atoms with E-state index in [9.17, 15) is 4.79 Å². The molecular formula is C14H18O4. The van der Waals surface area contributed by atoms with Crippen LogP contribution in [-0.2, 0) is 19.0 Å². The summed E-state index contributed by atoms with van der Waals surface area (Å²) in [6.45, 7) is 3.11. The van der Waals surface area contributed by atoms with Crippen molar-refractivity contribution >= 4 is 12.0 Å². The average Bonchev–Trinajstić information content (AvgIpc) is 2.42. The van der Waals surface area contributed by atoms with Gasteiger partial charge in [-0.2, -0.15) is 0 Å². The van der Waals surface area contributed by atoms with Gasteiger partial charge in [-0.05, 0) is 18.6 Å². The van der Waals surface area contributed by atoms with Crippen LogP contribution in [0.1, 0.15) is 12.5 Å². The number of carbonyl (C=O) groups is 1. The van der Waals surface area contributed by atoms with Gasteiger partial charge in [-0.3, -0.25) is 0 Å². The summed E-state index contributed by atoms with van der Waals surface area (Å²) in [7, 11) is 1.44. The van der Waals surface area contributed by atoms with Crippen molar-refractivity contribution in [3.63, 3.8) is 0 Å². The summed E-state index contributed by atoms with van der Waals surface area (Å²) in [5, 5.41) is 0. The summed E-state index contributed by atoms with van der Waals surface area (Å²) in [6, 6.07) is 9.45. The second-order valence-electron chi connectivity index (χ2n) is 3.46. The number of carbonyl (C=O) groups excluding carboxylic acids is 1. The lowest BCUT2D eigenvalue weighted by molar-refractivity contribution is -0.143. The van der Waals surface area contributed by atoms with E-state index in [1.54, 1.807) is 6.08 Å². The van der Waals surface area contributed by atoms with Crippen molar-refractivity contribution < 1.29 is 19.0 Å². The molecule has 0 amide bonds. The predicted molar refractivity (Wildman–Crippen MR) is 68.9 cm³/mol. The molecular weight excluding hydrogens is 232 g/mol. The first-order valence-corrected chi connectivity index (χ1v) is 5.83. The highest BCUT2D eigenvalue weighted by molar-refractivity contribution is 5.91. The van der Waals surface area contributed by atoms with Crippen LogP contribution in [-0.4, -0.2) is 32.9 Å². The van der Waals surface area contributed by atoms with Gasteiger partial charge in [-0.15, -0.1) is 0 Å². The zero-order valence-electron chi connectivity index (χ0n) is 10.7. The molecule has 0 atom stereocenters. The standard InChI is InChI=1S/C14H18O4/c1-3-17-9-10-18-14(15)13(16-2)11-12-7-5-4-6-8-12/h4-8,11H,3,9-10H2,1-2H3. The Balaban J connectivity index is 2.55. The number of rotatable bonds is 7. The first kappa shape index (κ1) is 14.3. The van der Waals surface area contributed by atoms with E-state index in [0.717, 1.165) is 5.56 Å². The molecule has 1 aromatic carbocycles. The SMILES string of the molecule is CCOCCOC(=O)C(=Cc1ccccc1)OC. The maximum atomic E-state index is 11.7. The summed E-state index contributed by atoms with van der Waals surface area (Å²) < 4.78 is 15.1. The van der Waals surface area contributed by atoms with Crippen LogP contribution in [0.15, 0.2) is 36.1 Å². The number of benzene rings is 1. The second-order valence-corrected chi connectivity index (χ2v) is 3.46. The van der Waals surface area contributed by atoms with Crippen molar-refractivity contribution in [2.75, 3.05) is 26.9 Å². The van der Waals surface area contributed by atoms with Gasteiger partial charge in [0.2, 0.25) is 5.76 Å². The number of esters is 1. The van der Waals surface area contributed by atoms with Gasteiger partial charge in [-0.25, -0.2) is 4.79 Å². The third kappa shape index (κ3) is 5.01. The van der Waals surface area contributed by atoms with Gasteiger partial charge in [-0.1, -0.05) is 30.3 Å². The lowest BCUT2D eigenvalue weighted by Gasteiger charge is -2.07. The summed E-state index contributed by atoms with van der Waals surface area (Å²) in [4.78, 5) is 11.7. The molecule has 0 aliphatic rings. The van der Waals surface area contributed by atoms with E-state index in [2.05, 4.69) is 0 Å². The van der Waals surface area contributed by atoms with Crippen LogP contribution in [0.25, 0.3) is 6.08 Å². The van der Waals surface area contributed by atoms with E-state index < -0.39 is 5.97 Å². The molecule has 0 aromatic heterocycles. The third-order valence-corrected chi connectivity index (χ3v) is 2.18. The molecule has 0 radical (unpaired) electrons. The minimum absolute atomic E-state index is 0.178. The number of ether oxygens (including phenoxy) is 3. The monoisotopic (exact) mass is 250 g/mol. The molecule has 1 aromatic rings. The second kappa shape index (κ2) is 8.31. The van der Waals surface area contributed by atoms with Crippen LogP contribution < -0.4 is 0 Å². The maximum Gasteiger partial charge on any atom is 0.373 e. The van der Waals surface area contributed by atoms with E-state index in [0.29, 0.717) is 13.2 Å². The molecule has 0 fully saturated rings. The summed E-state index contributed by atoms with van der Waals surface area (Å²) >= 11 is 0. The van der Waals surface area contributed by atoms with Crippen molar-refractivity contribution in [2.24, 2.45) is 0 Å². The molecule has 0 bridgehead atoms. The van der Waals surface area contributed by atoms with Gasteiger partial charge < -0.3 is 14.2 Å². The molecule has 0 N–H and O–H groups in total. The maximum absolute atomic E-state index is 11.7. The molecule has 0 saturated carbocycles. The molecule has 0 saturated heterocycles. The zero-order valence-corrected chi connectivity index (χ0v) is 10.7. The molecule has 1 rings (SSSR count). The van der Waals surface area contributed by atoms with Crippen molar-refractivity contribution in [3.05, 3.63) is 41.7 Å². The Bertz CT molecular complexity index is 384. The molecule has 0 aliphatic heterocycles. The van der Waals surface area contributed by atoms with Gasteiger partial charge in [0.15, 0.2) is 0 Å². The Hall–Kier alpha value is -1.81. The van der Waals surface area contributed by atoms with Crippen molar-refractivity contribution in [1.82, 2.24) is 0 Å². The van der Waals surface area contributed by atoms with Gasteiger partial charge in [0.1, 0.15) is 6.61 Å². The fraction of sp³-hybridized carbons (Fsp3) is 0.357. The van der Waals surface area contributed by atoms with Crippen LogP contribution in [0.3, 0.4) is 0 Å². The molecule has 4 nitrogen and oxygen atoms in total. The topological polar surface area (TPSA) is 44.8 Å². The largest absolute Gasteiger partial charge is 0.490 e. The first-order chi connectivity index (χ1) is 8.77. The smallest absolute Gasteiger partial charge is 0.373 e. The summed E-state index contributed by atoms with van der Waals surface area (Å²) in [5.74, 6) is -0.307. The third-order valence-electron chi connectivity index (χ3n) is 2.18.